The van der Waals surface area contributed by atoms with Gasteiger partial charge in [0.2, 0.25) is 5.91 Å². The second kappa shape index (κ2) is 7.72. The summed E-state index contributed by atoms with van der Waals surface area (Å²) in [6.45, 7) is 1.75. The van der Waals surface area contributed by atoms with Crippen LogP contribution in [0, 0.1) is 10.1 Å². The first kappa shape index (κ1) is 18.0. The molecule has 1 fully saturated rings. The number of nitro benzene ring substituents is 1. The molecule has 0 aliphatic carbocycles. The van der Waals surface area contributed by atoms with E-state index in [1.807, 2.05) is 23.1 Å². The Morgan fingerprint density at radius 3 is 2.79 bits per heavy atom. The summed E-state index contributed by atoms with van der Waals surface area (Å²) >= 11 is 0. The van der Waals surface area contributed by atoms with Crippen LogP contribution in [0.5, 0.6) is 11.5 Å². The molecule has 1 amide bonds. The van der Waals surface area contributed by atoms with Gasteiger partial charge < -0.3 is 14.4 Å². The molecule has 1 saturated heterocycles. The first-order valence-corrected chi connectivity index (χ1v) is 9.24. The first-order valence-electron chi connectivity index (χ1n) is 9.24. The Labute approximate surface area is 162 Å². The molecule has 2 heterocycles. The van der Waals surface area contributed by atoms with Crippen LogP contribution in [-0.2, 0) is 4.79 Å². The summed E-state index contributed by atoms with van der Waals surface area (Å²) in [5.41, 5.74) is 1.65. The predicted octanol–water partition coefficient (Wildman–Crippen LogP) is 3.74. The fourth-order valence-corrected chi connectivity index (χ4v) is 3.65. The maximum absolute atomic E-state index is 12.8. The van der Waals surface area contributed by atoms with Crippen molar-refractivity contribution in [2.45, 2.75) is 18.9 Å². The van der Waals surface area contributed by atoms with E-state index in [1.165, 1.54) is 18.2 Å². The molecule has 28 heavy (non-hydrogen) atoms. The monoisotopic (exact) mass is 380 g/mol. The van der Waals surface area contributed by atoms with Crippen LogP contribution in [0.2, 0.25) is 0 Å². The van der Waals surface area contributed by atoms with E-state index in [2.05, 4.69) is 0 Å². The molecule has 2 aliphatic heterocycles. The predicted molar refractivity (Wildman–Crippen MR) is 103 cm³/mol. The van der Waals surface area contributed by atoms with Crippen molar-refractivity contribution in [2.75, 3.05) is 19.8 Å². The minimum Gasteiger partial charge on any atom is -0.486 e. The standard InChI is InChI=1S/C21H20N2O5/c24-21(9-6-15-3-1-4-17(13-15)23(25)26)22-10-2-5-18(22)16-7-8-19-20(14-16)28-12-11-27-19/h1,3-4,6-9,13-14,18H,2,5,10-12H2. The summed E-state index contributed by atoms with van der Waals surface area (Å²) in [7, 11) is 0. The summed E-state index contributed by atoms with van der Waals surface area (Å²) in [6, 6.07) is 12.0. The minimum atomic E-state index is -0.447. The fraction of sp³-hybridized carbons (Fsp3) is 0.286. The number of hydrogen-bond donors (Lipinski definition) is 0. The van der Waals surface area contributed by atoms with E-state index in [-0.39, 0.29) is 17.6 Å². The van der Waals surface area contributed by atoms with Gasteiger partial charge in [-0.05, 0) is 42.2 Å². The summed E-state index contributed by atoms with van der Waals surface area (Å²) < 4.78 is 11.2. The number of carbonyl (C=O) groups excluding carboxylic acids is 1. The SMILES string of the molecule is O=C(C=Cc1cccc([N+](=O)[O-])c1)N1CCCC1c1ccc2c(c1)OCCO2. The molecule has 0 N–H and O–H groups in total. The van der Waals surface area contributed by atoms with Gasteiger partial charge in [0.25, 0.3) is 5.69 Å². The summed E-state index contributed by atoms with van der Waals surface area (Å²) in [4.78, 5) is 25.0. The molecule has 7 heteroatoms. The number of nitrogens with zero attached hydrogens (tertiary/aromatic N) is 2. The minimum absolute atomic E-state index is 0.00456. The second-order valence-electron chi connectivity index (χ2n) is 6.78. The van der Waals surface area contributed by atoms with Gasteiger partial charge in [-0.1, -0.05) is 18.2 Å². The highest BCUT2D eigenvalue weighted by molar-refractivity contribution is 5.92. The van der Waals surface area contributed by atoms with Crippen LogP contribution in [-0.4, -0.2) is 35.5 Å². The molecule has 0 spiro atoms. The van der Waals surface area contributed by atoms with Gasteiger partial charge >= 0.3 is 0 Å². The molecule has 1 atom stereocenters. The van der Waals surface area contributed by atoms with Crippen LogP contribution in [0.3, 0.4) is 0 Å². The maximum Gasteiger partial charge on any atom is 0.270 e. The van der Waals surface area contributed by atoms with Crippen molar-refractivity contribution in [1.82, 2.24) is 4.90 Å². The number of fused-ring (bicyclic) bond motifs is 1. The van der Waals surface area contributed by atoms with Gasteiger partial charge in [-0.15, -0.1) is 0 Å². The molecule has 1 unspecified atom stereocenters. The fourth-order valence-electron chi connectivity index (χ4n) is 3.65. The van der Waals surface area contributed by atoms with Gasteiger partial charge in [-0.2, -0.15) is 0 Å². The third-order valence-corrected chi connectivity index (χ3v) is 4.99. The van der Waals surface area contributed by atoms with E-state index in [0.29, 0.717) is 25.3 Å². The van der Waals surface area contributed by atoms with Crippen molar-refractivity contribution in [3.63, 3.8) is 0 Å². The Morgan fingerprint density at radius 2 is 1.96 bits per heavy atom. The van der Waals surface area contributed by atoms with E-state index < -0.39 is 4.92 Å². The average molecular weight is 380 g/mol. The van der Waals surface area contributed by atoms with E-state index in [9.17, 15) is 14.9 Å². The molecule has 0 bridgehead atoms. The Hall–Kier alpha value is -3.35. The highest BCUT2D eigenvalue weighted by Gasteiger charge is 2.29. The molecule has 2 aromatic rings. The molecule has 144 valence electrons. The number of nitro groups is 1. The van der Waals surface area contributed by atoms with Crippen molar-refractivity contribution < 1.29 is 19.2 Å². The van der Waals surface area contributed by atoms with Gasteiger partial charge in [0.1, 0.15) is 13.2 Å². The van der Waals surface area contributed by atoms with Crippen molar-refractivity contribution in [2.24, 2.45) is 0 Å². The molecular weight excluding hydrogens is 360 g/mol. The van der Waals surface area contributed by atoms with Crippen LogP contribution >= 0.6 is 0 Å². The molecule has 2 aromatic carbocycles. The Balaban J connectivity index is 1.51. The lowest BCUT2D eigenvalue weighted by atomic mass is 10.0. The van der Waals surface area contributed by atoms with Crippen LogP contribution in [0.25, 0.3) is 6.08 Å². The number of benzene rings is 2. The summed E-state index contributed by atoms with van der Waals surface area (Å²) in [5, 5.41) is 10.9. The van der Waals surface area contributed by atoms with Crippen molar-refractivity contribution in [1.29, 1.82) is 0 Å². The van der Waals surface area contributed by atoms with Gasteiger partial charge in [-0.25, -0.2) is 0 Å². The zero-order valence-electron chi connectivity index (χ0n) is 15.2. The van der Waals surface area contributed by atoms with Gasteiger partial charge in [0.05, 0.1) is 11.0 Å². The van der Waals surface area contributed by atoms with Crippen molar-refractivity contribution in [3.8, 4) is 11.5 Å². The molecule has 0 radical (unpaired) electrons. The van der Waals surface area contributed by atoms with Gasteiger partial charge in [-0.3, -0.25) is 14.9 Å². The highest BCUT2D eigenvalue weighted by atomic mass is 16.6. The number of non-ortho nitro benzene ring substituents is 1. The van der Waals surface area contributed by atoms with Crippen molar-refractivity contribution in [3.05, 3.63) is 69.8 Å². The Bertz CT molecular complexity index is 940. The van der Waals surface area contributed by atoms with E-state index in [4.69, 9.17) is 9.47 Å². The normalized spacial score (nSPS) is 18.4. The molecule has 2 aliphatic rings. The summed E-state index contributed by atoms with van der Waals surface area (Å²) in [6.07, 6.45) is 4.91. The molecule has 0 aromatic heterocycles. The molecule has 4 rings (SSSR count). The largest absolute Gasteiger partial charge is 0.486 e. The number of rotatable bonds is 4. The van der Waals surface area contributed by atoms with E-state index >= 15 is 0 Å². The number of amides is 1. The van der Waals surface area contributed by atoms with Gasteiger partial charge in [0.15, 0.2) is 11.5 Å². The molecular formula is C21H20N2O5. The van der Waals surface area contributed by atoms with Crippen LogP contribution < -0.4 is 9.47 Å². The second-order valence-corrected chi connectivity index (χ2v) is 6.78. The lowest BCUT2D eigenvalue weighted by molar-refractivity contribution is -0.384. The zero-order valence-corrected chi connectivity index (χ0v) is 15.2. The lowest BCUT2D eigenvalue weighted by Gasteiger charge is -2.26. The number of likely N-dealkylation sites (tertiary alicyclic amines) is 1. The first-order chi connectivity index (χ1) is 13.6. The quantitative estimate of drug-likeness (QED) is 0.458. The zero-order chi connectivity index (χ0) is 19.5. The topological polar surface area (TPSA) is 81.9 Å². The van der Waals surface area contributed by atoms with Crippen LogP contribution in [0.15, 0.2) is 48.5 Å². The lowest BCUT2D eigenvalue weighted by Crippen LogP contribution is -2.29. The van der Waals surface area contributed by atoms with Gasteiger partial charge in [0, 0.05) is 24.8 Å². The number of hydrogen-bond acceptors (Lipinski definition) is 5. The van der Waals surface area contributed by atoms with E-state index in [1.54, 1.807) is 18.2 Å². The molecule has 0 saturated carbocycles. The number of ether oxygens (including phenoxy) is 2. The average Bonchev–Trinajstić information content (AvgIpc) is 3.22. The summed E-state index contributed by atoms with van der Waals surface area (Å²) in [5.74, 6) is 1.34. The third-order valence-electron chi connectivity index (χ3n) is 4.99. The van der Waals surface area contributed by atoms with Crippen LogP contribution in [0.4, 0.5) is 5.69 Å². The highest BCUT2D eigenvalue weighted by Crippen LogP contribution is 2.38. The maximum atomic E-state index is 12.8. The smallest absolute Gasteiger partial charge is 0.270 e. The Morgan fingerprint density at radius 1 is 1.14 bits per heavy atom. The van der Waals surface area contributed by atoms with E-state index in [0.717, 1.165) is 29.9 Å². The molecule has 7 nitrogen and oxygen atoms in total. The van der Waals surface area contributed by atoms with Crippen LogP contribution in [0.1, 0.15) is 30.0 Å². The number of carbonyl (C=O) groups is 1. The van der Waals surface area contributed by atoms with Crippen molar-refractivity contribution >= 4 is 17.7 Å². The third kappa shape index (κ3) is 3.69. The Kier molecular flexibility index (Phi) is 4.97.